The van der Waals surface area contributed by atoms with Gasteiger partial charge in [-0.25, -0.2) is 15.0 Å². The second kappa shape index (κ2) is 7.94. The van der Waals surface area contributed by atoms with Crippen LogP contribution in [0.5, 0.6) is 10.8 Å². The minimum absolute atomic E-state index is 0.0680. The smallest absolute Gasteiger partial charge is 0.231 e. The van der Waals surface area contributed by atoms with Crippen molar-refractivity contribution in [1.29, 1.82) is 0 Å². The summed E-state index contributed by atoms with van der Waals surface area (Å²) in [6.45, 7) is 4.03. The third-order valence-corrected chi connectivity index (χ3v) is 4.93. The number of nitrogens with one attached hydrogen (secondary N) is 1. The van der Waals surface area contributed by atoms with Crippen molar-refractivity contribution in [3.63, 3.8) is 0 Å². The maximum Gasteiger partial charge on any atom is 0.231 e. The van der Waals surface area contributed by atoms with Crippen molar-refractivity contribution in [3.8, 4) is 10.8 Å². The molecule has 2 aromatic rings. The summed E-state index contributed by atoms with van der Waals surface area (Å²) < 4.78 is 16.3. The highest BCUT2D eigenvalue weighted by Gasteiger charge is 2.24. The lowest BCUT2D eigenvalue weighted by Crippen LogP contribution is -2.37. The molecule has 4 rings (SSSR count). The van der Waals surface area contributed by atoms with E-state index >= 15 is 0 Å². The van der Waals surface area contributed by atoms with E-state index in [1.165, 1.54) is 11.3 Å². The van der Waals surface area contributed by atoms with Crippen LogP contribution in [0, 0.1) is 5.92 Å². The molecule has 0 bridgehead atoms. The van der Waals surface area contributed by atoms with E-state index in [0.29, 0.717) is 48.3 Å². The molecule has 4 heterocycles. The van der Waals surface area contributed by atoms with Gasteiger partial charge in [-0.3, -0.25) is 4.79 Å². The minimum Gasteiger partial charge on any atom is -0.442 e. The number of amides is 1. The number of nitrogens with zero attached hydrogens (tertiary/aromatic N) is 4. The van der Waals surface area contributed by atoms with Crippen LogP contribution >= 0.6 is 11.3 Å². The Bertz CT molecular complexity index is 741. The first kappa shape index (κ1) is 17.1. The molecule has 138 valence electrons. The number of ether oxygens (including phenoxy) is 3. The van der Waals surface area contributed by atoms with Crippen LogP contribution in [0.1, 0.15) is 6.42 Å². The van der Waals surface area contributed by atoms with Gasteiger partial charge in [-0.05, 0) is 6.42 Å². The zero-order valence-electron chi connectivity index (χ0n) is 14.1. The fraction of sp³-hybridized carbons (Fsp3) is 0.500. The molecule has 2 aromatic heterocycles. The van der Waals surface area contributed by atoms with Gasteiger partial charge in [-0.2, -0.15) is 0 Å². The number of morpholine rings is 1. The Hall–Kier alpha value is -2.30. The Morgan fingerprint density at radius 1 is 1.15 bits per heavy atom. The van der Waals surface area contributed by atoms with Crippen LogP contribution in [0.15, 0.2) is 18.6 Å². The van der Waals surface area contributed by atoms with E-state index in [4.69, 9.17) is 14.2 Å². The van der Waals surface area contributed by atoms with Crippen molar-refractivity contribution in [1.82, 2.24) is 15.0 Å². The van der Waals surface area contributed by atoms with Crippen LogP contribution in [-0.2, 0) is 14.3 Å². The molecule has 26 heavy (non-hydrogen) atoms. The lowest BCUT2D eigenvalue weighted by atomic mass is 10.1. The van der Waals surface area contributed by atoms with Gasteiger partial charge >= 0.3 is 0 Å². The van der Waals surface area contributed by atoms with Crippen LogP contribution in [-0.4, -0.2) is 60.4 Å². The normalized spacial score (nSPS) is 20.2. The molecule has 9 nitrogen and oxygen atoms in total. The average molecular weight is 377 g/mol. The van der Waals surface area contributed by atoms with Crippen molar-refractivity contribution in [2.75, 3.05) is 49.7 Å². The molecule has 0 aliphatic carbocycles. The molecule has 1 unspecified atom stereocenters. The predicted octanol–water partition coefficient (Wildman–Crippen LogP) is 1.54. The second-order valence-electron chi connectivity index (χ2n) is 5.95. The number of thiazole rings is 1. The highest BCUT2D eigenvalue weighted by Crippen LogP contribution is 2.30. The summed E-state index contributed by atoms with van der Waals surface area (Å²) in [5, 5.41) is 3.86. The highest BCUT2D eigenvalue weighted by atomic mass is 32.1. The Kier molecular flexibility index (Phi) is 5.23. The highest BCUT2D eigenvalue weighted by molar-refractivity contribution is 7.17. The summed E-state index contributed by atoms with van der Waals surface area (Å²) >= 11 is 1.26. The van der Waals surface area contributed by atoms with Crippen molar-refractivity contribution in [3.05, 3.63) is 18.6 Å². The SMILES string of the molecule is O=C(Nc1ncc(Oc2cnc(N3CCOCC3)nc2)s1)C1CCOC1. The summed E-state index contributed by atoms with van der Waals surface area (Å²) in [4.78, 5) is 27.0. The molecule has 1 N–H and O–H groups in total. The third kappa shape index (κ3) is 4.09. The topological polar surface area (TPSA) is 98.7 Å². The zero-order valence-corrected chi connectivity index (χ0v) is 14.9. The Labute approximate surface area is 154 Å². The van der Waals surface area contributed by atoms with Gasteiger partial charge in [0.1, 0.15) is 0 Å². The number of carbonyl (C=O) groups is 1. The average Bonchev–Trinajstić information content (AvgIpc) is 3.35. The summed E-state index contributed by atoms with van der Waals surface area (Å²) in [6.07, 6.45) is 5.58. The van der Waals surface area contributed by atoms with Gasteiger partial charge in [0.05, 0.1) is 44.3 Å². The molecular weight excluding hydrogens is 358 g/mol. The Morgan fingerprint density at radius 2 is 1.96 bits per heavy atom. The van der Waals surface area contributed by atoms with Gasteiger partial charge in [-0.1, -0.05) is 11.3 Å². The fourth-order valence-corrected chi connectivity index (χ4v) is 3.41. The maximum atomic E-state index is 12.1. The molecule has 1 amide bonds. The van der Waals surface area contributed by atoms with E-state index in [0.717, 1.165) is 19.5 Å². The van der Waals surface area contributed by atoms with Crippen LogP contribution < -0.4 is 15.0 Å². The number of anilines is 2. The van der Waals surface area contributed by atoms with E-state index in [9.17, 15) is 4.79 Å². The monoisotopic (exact) mass is 377 g/mol. The van der Waals surface area contributed by atoms with Crippen molar-refractivity contribution in [2.45, 2.75) is 6.42 Å². The predicted molar refractivity (Wildman–Crippen MR) is 94.8 cm³/mol. The summed E-state index contributed by atoms with van der Waals surface area (Å²) in [5.74, 6) is 1.01. The first-order valence-corrected chi connectivity index (χ1v) is 9.26. The van der Waals surface area contributed by atoms with E-state index in [1.54, 1.807) is 18.6 Å². The number of aromatic nitrogens is 3. The Morgan fingerprint density at radius 3 is 2.69 bits per heavy atom. The Balaban J connectivity index is 1.34. The second-order valence-corrected chi connectivity index (χ2v) is 6.95. The summed E-state index contributed by atoms with van der Waals surface area (Å²) in [5.41, 5.74) is 0. The quantitative estimate of drug-likeness (QED) is 0.838. The van der Waals surface area contributed by atoms with Gasteiger partial charge < -0.3 is 24.4 Å². The van der Waals surface area contributed by atoms with Crippen LogP contribution in [0.4, 0.5) is 11.1 Å². The molecule has 0 saturated carbocycles. The third-order valence-electron chi connectivity index (χ3n) is 4.14. The van der Waals surface area contributed by atoms with Gasteiger partial charge in [-0.15, -0.1) is 0 Å². The molecule has 0 aromatic carbocycles. The molecule has 2 aliphatic heterocycles. The van der Waals surface area contributed by atoms with E-state index in [2.05, 4.69) is 25.2 Å². The lowest BCUT2D eigenvalue weighted by Gasteiger charge is -2.26. The van der Waals surface area contributed by atoms with Crippen molar-refractivity contribution < 1.29 is 19.0 Å². The number of rotatable bonds is 5. The van der Waals surface area contributed by atoms with Gasteiger partial charge in [0.25, 0.3) is 0 Å². The fourth-order valence-electron chi connectivity index (χ4n) is 2.72. The maximum absolute atomic E-state index is 12.1. The molecule has 2 aliphatic rings. The van der Waals surface area contributed by atoms with Crippen LogP contribution in [0.25, 0.3) is 0 Å². The number of hydrogen-bond acceptors (Lipinski definition) is 9. The lowest BCUT2D eigenvalue weighted by molar-refractivity contribution is -0.119. The van der Waals surface area contributed by atoms with Crippen LogP contribution in [0.2, 0.25) is 0 Å². The standard InChI is InChI=1S/C16H19N5O4S/c22-14(11-1-4-24-10-11)20-16-19-9-13(26-16)25-12-7-17-15(18-8-12)21-2-5-23-6-3-21/h7-9,11H,1-6,10H2,(H,19,20,22). The number of hydrogen-bond donors (Lipinski definition) is 1. The first-order valence-electron chi connectivity index (χ1n) is 8.45. The zero-order chi connectivity index (χ0) is 17.8. The molecular formula is C16H19N5O4S. The molecule has 2 saturated heterocycles. The van der Waals surface area contributed by atoms with Crippen LogP contribution in [0.3, 0.4) is 0 Å². The van der Waals surface area contributed by atoms with Crippen molar-refractivity contribution in [2.24, 2.45) is 5.92 Å². The van der Waals surface area contributed by atoms with Gasteiger partial charge in [0.15, 0.2) is 10.9 Å². The van der Waals surface area contributed by atoms with Gasteiger partial charge in [0.2, 0.25) is 16.9 Å². The first-order chi connectivity index (χ1) is 12.8. The summed E-state index contributed by atoms with van der Waals surface area (Å²) in [7, 11) is 0. The molecule has 0 spiro atoms. The molecule has 0 radical (unpaired) electrons. The largest absolute Gasteiger partial charge is 0.442 e. The van der Waals surface area contributed by atoms with Gasteiger partial charge in [0, 0.05) is 19.7 Å². The summed E-state index contributed by atoms with van der Waals surface area (Å²) in [6, 6.07) is 0. The van der Waals surface area contributed by atoms with E-state index in [-0.39, 0.29) is 11.8 Å². The van der Waals surface area contributed by atoms with E-state index < -0.39 is 0 Å². The van der Waals surface area contributed by atoms with E-state index in [1.807, 2.05) is 0 Å². The molecule has 1 atom stereocenters. The van der Waals surface area contributed by atoms with Crippen molar-refractivity contribution >= 4 is 28.3 Å². The number of carbonyl (C=O) groups excluding carboxylic acids is 1. The molecule has 2 fully saturated rings. The minimum atomic E-state index is -0.107. The molecule has 10 heteroatoms.